The van der Waals surface area contributed by atoms with E-state index in [-0.39, 0.29) is 6.04 Å². The summed E-state index contributed by atoms with van der Waals surface area (Å²) >= 11 is 0. The smallest absolute Gasteiger partial charge is 0.327 e. The average molecular weight is 209 g/mol. The molecule has 15 heavy (non-hydrogen) atoms. The fraction of sp³-hybridized carbons (Fsp3) is 0.750. The second kappa shape index (κ2) is 6.34. The second-order valence-electron chi connectivity index (χ2n) is 3.94. The maximum atomic E-state index is 10.8. The van der Waals surface area contributed by atoms with Gasteiger partial charge in [-0.25, -0.2) is 4.79 Å². The first-order valence-electron chi connectivity index (χ1n) is 5.73. The topological polar surface area (TPSA) is 40.5 Å². The minimum atomic E-state index is -0.740. The molecule has 1 atom stereocenters. The van der Waals surface area contributed by atoms with Gasteiger partial charge in [0.15, 0.2) is 0 Å². The first-order chi connectivity index (χ1) is 7.25. The zero-order chi connectivity index (χ0) is 11.1. The van der Waals surface area contributed by atoms with E-state index in [1.54, 1.807) is 4.90 Å². The van der Waals surface area contributed by atoms with Gasteiger partial charge < -0.3 is 10.0 Å². The molecule has 84 valence electrons. The van der Waals surface area contributed by atoms with Gasteiger partial charge in [-0.3, -0.25) is 0 Å². The quantitative estimate of drug-likeness (QED) is 0.569. The molecule has 0 saturated carbocycles. The van der Waals surface area contributed by atoms with E-state index in [1.165, 1.54) is 12.8 Å². The summed E-state index contributed by atoms with van der Waals surface area (Å²) in [5, 5.41) is 8.91. The third-order valence-corrected chi connectivity index (χ3v) is 2.67. The molecule has 0 amide bonds. The normalized spacial score (nSPS) is 19.8. The summed E-state index contributed by atoms with van der Waals surface area (Å²) in [5.74, 6) is 2.32. The fourth-order valence-corrected chi connectivity index (χ4v) is 1.78. The van der Waals surface area contributed by atoms with Crippen LogP contribution in [0.25, 0.3) is 0 Å². The van der Waals surface area contributed by atoms with E-state index in [0.29, 0.717) is 0 Å². The first-order valence-corrected chi connectivity index (χ1v) is 5.73. The predicted octanol–water partition coefficient (Wildman–Crippen LogP) is 2.08. The SMILES string of the molecule is CCCCCC#CN1CCC[C@H]1C(=O)O. The molecule has 1 N–H and O–H groups in total. The number of rotatable bonds is 4. The van der Waals surface area contributed by atoms with Crippen molar-refractivity contribution in [3.63, 3.8) is 0 Å². The van der Waals surface area contributed by atoms with Crippen LogP contribution in [0.1, 0.15) is 45.4 Å². The van der Waals surface area contributed by atoms with Crippen molar-refractivity contribution in [1.82, 2.24) is 4.90 Å². The lowest BCUT2D eigenvalue weighted by Crippen LogP contribution is -2.32. The third kappa shape index (κ3) is 3.83. The Morgan fingerprint density at radius 1 is 1.53 bits per heavy atom. The molecular formula is C12H19NO2. The Kier molecular flexibility index (Phi) is 5.03. The number of unbranched alkanes of at least 4 members (excludes halogenated alkanes) is 3. The number of carboxylic acid groups (broad SMARTS) is 1. The van der Waals surface area contributed by atoms with Crippen molar-refractivity contribution in [2.45, 2.75) is 51.5 Å². The van der Waals surface area contributed by atoms with Gasteiger partial charge in [0.1, 0.15) is 6.04 Å². The predicted molar refractivity (Wildman–Crippen MR) is 59.3 cm³/mol. The Balaban J connectivity index is 2.33. The highest BCUT2D eigenvalue weighted by Crippen LogP contribution is 2.15. The Bertz CT molecular complexity index is 265. The molecule has 0 aromatic carbocycles. The van der Waals surface area contributed by atoms with Gasteiger partial charge in [0.25, 0.3) is 0 Å². The van der Waals surface area contributed by atoms with Crippen molar-refractivity contribution in [3.8, 4) is 12.0 Å². The van der Waals surface area contributed by atoms with Gasteiger partial charge in [0.05, 0.1) is 0 Å². The molecule has 0 aliphatic carbocycles. The van der Waals surface area contributed by atoms with Crippen molar-refractivity contribution < 1.29 is 9.90 Å². The summed E-state index contributed by atoms with van der Waals surface area (Å²) in [7, 11) is 0. The molecule has 0 aromatic heterocycles. The molecule has 1 aliphatic heterocycles. The van der Waals surface area contributed by atoms with Gasteiger partial charge >= 0.3 is 5.97 Å². The number of carboxylic acids is 1. The molecule has 3 heteroatoms. The molecule has 0 bridgehead atoms. The minimum Gasteiger partial charge on any atom is -0.480 e. The maximum absolute atomic E-state index is 10.8. The van der Waals surface area contributed by atoms with E-state index in [1.807, 2.05) is 0 Å². The van der Waals surface area contributed by atoms with Gasteiger partial charge in [-0.05, 0) is 19.3 Å². The van der Waals surface area contributed by atoms with Gasteiger partial charge in [-0.1, -0.05) is 25.7 Å². The Morgan fingerprint density at radius 3 is 3.00 bits per heavy atom. The van der Waals surface area contributed by atoms with Crippen LogP contribution < -0.4 is 0 Å². The van der Waals surface area contributed by atoms with E-state index >= 15 is 0 Å². The summed E-state index contributed by atoms with van der Waals surface area (Å²) in [6.45, 7) is 2.96. The van der Waals surface area contributed by atoms with Crippen LogP contribution in [0.4, 0.5) is 0 Å². The van der Waals surface area contributed by atoms with E-state index in [0.717, 1.165) is 32.2 Å². The zero-order valence-electron chi connectivity index (χ0n) is 9.33. The maximum Gasteiger partial charge on any atom is 0.327 e. The fourth-order valence-electron chi connectivity index (χ4n) is 1.78. The number of hydrogen-bond acceptors (Lipinski definition) is 2. The number of aliphatic carboxylic acids is 1. The largest absolute Gasteiger partial charge is 0.480 e. The monoisotopic (exact) mass is 209 g/mol. The van der Waals surface area contributed by atoms with Gasteiger partial charge in [-0.2, -0.15) is 0 Å². The number of hydrogen-bond donors (Lipinski definition) is 1. The molecule has 1 aliphatic rings. The van der Waals surface area contributed by atoms with Crippen LogP contribution in [0, 0.1) is 12.0 Å². The number of likely N-dealkylation sites (tertiary alicyclic amines) is 1. The highest BCUT2D eigenvalue weighted by molar-refractivity contribution is 5.74. The summed E-state index contributed by atoms with van der Waals surface area (Å²) < 4.78 is 0. The molecule has 1 rings (SSSR count). The summed E-state index contributed by atoms with van der Waals surface area (Å²) in [5.41, 5.74) is 0. The molecule has 0 aromatic rings. The van der Waals surface area contributed by atoms with Crippen LogP contribution in [-0.2, 0) is 4.79 Å². The lowest BCUT2D eigenvalue weighted by Gasteiger charge is -2.15. The molecule has 3 nitrogen and oxygen atoms in total. The van der Waals surface area contributed by atoms with Crippen molar-refractivity contribution >= 4 is 5.97 Å². The van der Waals surface area contributed by atoms with Crippen molar-refractivity contribution in [2.75, 3.05) is 6.54 Å². The van der Waals surface area contributed by atoms with Crippen LogP contribution in [0.5, 0.6) is 0 Å². The van der Waals surface area contributed by atoms with E-state index < -0.39 is 5.97 Å². The molecule has 0 unspecified atom stereocenters. The van der Waals surface area contributed by atoms with E-state index in [9.17, 15) is 4.79 Å². The molecule has 1 fully saturated rings. The van der Waals surface area contributed by atoms with Crippen molar-refractivity contribution in [1.29, 1.82) is 0 Å². The van der Waals surface area contributed by atoms with Crippen LogP contribution >= 0.6 is 0 Å². The average Bonchev–Trinajstić information content (AvgIpc) is 2.66. The molecule has 0 radical (unpaired) electrons. The summed E-state index contributed by atoms with van der Waals surface area (Å²) in [6, 6.07) is 2.60. The number of nitrogens with zero attached hydrogens (tertiary/aromatic N) is 1. The molecule has 1 heterocycles. The standard InChI is InChI=1S/C12H19NO2/c1-2-3-4-5-6-9-13-10-7-8-11(13)12(14)15/h11H,2-5,7-8,10H2,1H3,(H,14,15)/t11-/m0/s1. The Hall–Kier alpha value is -1.17. The van der Waals surface area contributed by atoms with Gasteiger partial charge in [0, 0.05) is 19.0 Å². The minimum absolute atomic E-state index is 0.372. The van der Waals surface area contributed by atoms with Crippen LogP contribution in [0.2, 0.25) is 0 Å². The Labute approximate surface area is 91.5 Å². The second-order valence-corrected chi connectivity index (χ2v) is 3.94. The Morgan fingerprint density at radius 2 is 2.33 bits per heavy atom. The lowest BCUT2D eigenvalue weighted by molar-refractivity contribution is -0.141. The van der Waals surface area contributed by atoms with Crippen LogP contribution in [0.3, 0.4) is 0 Å². The highest BCUT2D eigenvalue weighted by atomic mass is 16.4. The van der Waals surface area contributed by atoms with E-state index in [4.69, 9.17) is 5.11 Å². The van der Waals surface area contributed by atoms with Crippen molar-refractivity contribution in [3.05, 3.63) is 0 Å². The molecule has 1 saturated heterocycles. The van der Waals surface area contributed by atoms with Crippen LogP contribution in [0.15, 0.2) is 0 Å². The van der Waals surface area contributed by atoms with Crippen LogP contribution in [-0.4, -0.2) is 28.6 Å². The first kappa shape index (κ1) is 11.9. The third-order valence-electron chi connectivity index (χ3n) is 2.67. The zero-order valence-corrected chi connectivity index (χ0v) is 9.33. The van der Waals surface area contributed by atoms with Gasteiger partial charge in [0.2, 0.25) is 0 Å². The lowest BCUT2D eigenvalue weighted by atomic mass is 10.2. The number of carbonyl (C=O) groups is 1. The summed E-state index contributed by atoms with van der Waals surface area (Å²) in [6.07, 6.45) is 6.09. The summed E-state index contributed by atoms with van der Waals surface area (Å²) in [4.78, 5) is 12.6. The van der Waals surface area contributed by atoms with E-state index in [2.05, 4.69) is 18.9 Å². The van der Waals surface area contributed by atoms with Gasteiger partial charge in [-0.15, -0.1) is 0 Å². The molecule has 0 spiro atoms. The highest BCUT2D eigenvalue weighted by Gasteiger charge is 2.28. The van der Waals surface area contributed by atoms with Crippen molar-refractivity contribution in [2.24, 2.45) is 0 Å². The molecular weight excluding hydrogens is 190 g/mol.